The Morgan fingerprint density at radius 3 is 2.88 bits per heavy atom. The van der Waals surface area contributed by atoms with Crippen LogP contribution in [0.2, 0.25) is 0 Å². The van der Waals surface area contributed by atoms with Crippen LogP contribution in [0.5, 0.6) is 0 Å². The van der Waals surface area contributed by atoms with Gasteiger partial charge in [-0.2, -0.15) is 0 Å². The molecule has 0 atom stereocenters. The summed E-state index contributed by atoms with van der Waals surface area (Å²) in [5, 5.41) is 11.7. The van der Waals surface area contributed by atoms with Crippen LogP contribution < -0.4 is 5.32 Å². The summed E-state index contributed by atoms with van der Waals surface area (Å²) >= 11 is 0. The lowest BCUT2D eigenvalue weighted by atomic mass is 10.1. The predicted octanol–water partition coefficient (Wildman–Crippen LogP) is 1.51. The maximum atomic E-state index is 8.36. The highest BCUT2D eigenvalue weighted by molar-refractivity contribution is 5.84. The summed E-state index contributed by atoms with van der Waals surface area (Å²) < 4.78 is 0. The summed E-state index contributed by atoms with van der Waals surface area (Å²) in [5.74, 6) is 0. The van der Waals surface area contributed by atoms with Crippen LogP contribution in [-0.2, 0) is 17.8 Å². The van der Waals surface area contributed by atoms with Gasteiger partial charge in [-0.15, -0.1) is 0 Å². The monoisotopic (exact) mass is 218 g/mol. The fourth-order valence-corrected chi connectivity index (χ4v) is 2.12. The quantitative estimate of drug-likeness (QED) is 0.587. The Hall–Kier alpha value is -1.81. The normalized spacial score (nSPS) is 13.8. The lowest BCUT2D eigenvalue weighted by Crippen LogP contribution is -2.22. The van der Waals surface area contributed by atoms with E-state index in [0.29, 0.717) is 0 Å². The molecule has 0 spiro atoms. The molecule has 2 aromatic rings. The molecule has 0 radical (unpaired) electrons. The molecule has 0 saturated carbocycles. The first-order chi connectivity index (χ1) is 7.86. The molecule has 0 aliphatic carbocycles. The molecule has 1 aliphatic rings. The van der Waals surface area contributed by atoms with Gasteiger partial charge in [-0.1, -0.05) is 18.2 Å². The maximum absolute atomic E-state index is 8.36. The van der Waals surface area contributed by atoms with Gasteiger partial charge in [-0.05, 0) is 24.6 Å². The molecule has 3 N–H and O–H groups in total. The Labute approximate surface area is 93.3 Å². The topological polar surface area (TPSA) is 65.1 Å². The third-order valence-corrected chi connectivity index (χ3v) is 2.76. The number of aromatic amines is 1. The van der Waals surface area contributed by atoms with E-state index >= 15 is 0 Å². The van der Waals surface area contributed by atoms with E-state index in [2.05, 4.69) is 34.6 Å². The number of nitrogens with one attached hydrogen (secondary N) is 2. The lowest BCUT2D eigenvalue weighted by Gasteiger charge is -2.12. The van der Waals surface area contributed by atoms with Crippen LogP contribution in [0.4, 0.5) is 0 Å². The van der Waals surface area contributed by atoms with Gasteiger partial charge in [0.15, 0.2) is 0 Å². The van der Waals surface area contributed by atoms with Crippen LogP contribution >= 0.6 is 0 Å². The molecule has 0 fully saturated rings. The number of aromatic nitrogens is 1. The Balaban J connectivity index is 0.000000292. The van der Waals surface area contributed by atoms with Crippen molar-refractivity contribution in [2.24, 2.45) is 0 Å². The Morgan fingerprint density at radius 1 is 1.31 bits per heavy atom. The molecule has 0 amide bonds. The number of carbonyl (C=O) groups is 1. The van der Waals surface area contributed by atoms with E-state index in [1.807, 2.05) is 0 Å². The first-order valence-corrected chi connectivity index (χ1v) is 5.24. The van der Waals surface area contributed by atoms with E-state index < -0.39 is 0 Å². The van der Waals surface area contributed by atoms with E-state index in [4.69, 9.17) is 9.90 Å². The zero-order valence-electron chi connectivity index (χ0n) is 8.86. The largest absolute Gasteiger partial charge is 0.483 e. The van der Waals surface area contributed by atoms with Crippen molar-refractivity contribution in [3.05, 3.63) is 35.5 Å². The predicted molar refractivity (Wildman–Crippen MR) is 62.4 cm³/mol. The van der Waals surface area contributed by atoms with Crippen LogP contribution in [0.25, 0.3) is 10.9 Å². The van der Waals surface area contributed by atoms with Gasteiger partial charge in [0.25, 0.3) is 6.47 Å². The summed E-state index contributed by atoms with van der Waals surface area (Å²) in [5.41, 5.74) is 4.15. The van der Waals surface area contributed by atoms with Crippen molar-refractivity contribution in [1.82, 2.24) is 10.3 Å². The molecule has 1 aromatic carbocycles. The number of fused-ring (bicyclic) bond motifs is 3. The van der Waals surface area contributed by atoms with E-state index in [0.717, 1.165) is 19.5 Å². The third kappa shape index (κ3) is 1.92. The second-order valence-electron chi connectivity index (χ2n) is 3.66. The van der Waals surface area contributed by atoms with Gasteiger partial charge in [0.2, 0.25) is 0 Å². The van der Waals surface area contributed by atoms with E-state index in [9.17, 15) is 0 Å². The minimum absolute atomic E-state index is 0.250. The number of carboxylic acid groups (broad SMARTS) is 1. The van der Waals surface area contributed by atoms with Crippen LogP contribution in [0.15, 0.2) is 24.3 Å². The maximum Gasteiger partial charge on any atom is 0.290 e. The summed E-state index contributed by atoms with van der Waals surface area (Å²) in [7, 11) is 0. The van der Waals surface area contributed by atoms with Gasteiger partial charge in [-0.25, -0.2) is 0 Å². The molecule has 16 heavy (non-hydrogen) atoms. The number of para-hydroxylation sites is 1. The fourth-order valence-electron chi connectivity index (χ4n) is 2.12. The van der Waals surface area contributed by atoms with Crippen molar-refractivity contribution in [2.45, 2.75) is 13.0 Å². The average molecular weight is 218 g/mol. The zero-order chi connectivity index (χ0) is 11.4. The van der Waals surface area contributed by atoms with Gasteiger partial charge in [-0.3, -0.25) is 4.79 Å². The van der Waals surface area contributed by atoms with Gasteiger partial charge < -0.3 is 15.4 Å². The highest BCUT2D eigenvalue weighted by Crippen LogP contribution is 2.24. The molecule has 1 aromatic heterocycles. The van der Waals surface area contributed by atoms with Gasteiger partial charge >= 0.3 is 0 Å². The van der Waals surface area contributed by atoms with Gasteiger partial charge in [0.05, 0.1) is 0 Å². The molecule has 4 nitrogen and oxygen atoms in total. The summed E-state index contributed by atoms with van der Waals surface area (Å²) in [6.45, 7) is 1.85. The highest BCUT2D eigenvalue weighted by atomic mass is 16.3. The smallest absolute Gasteiger partial charge is 0.290 e. The van der Waals surface area contributed by atoms with Crippen molar-refractivity contribution in [3.63, 3.8) is 0 Å². The van der Waals surface area contributed by atoms with Gasteiger partial charge in [0.1, 0.15) is 0 Å². The minimum atomic E-state index is -0.250. The van der Waals surface area contributed by atoms with Crippen LogP contribution in [-0.4, -0.2) is 23.1 Å². The SMILES string of the molecule is O=CO.c1ccc2c3c([nH]c2c1)CNCC3. The standard InChI is InChI=1S/C11H12N2.CH2O2/c1-2-4-10-8(3-1)9-5-6-12-7-11(9)13-10;2-1-3/h1-4,12-13H,5-7H2;1H,(H,2,3). The summed E-state index contributed by atoms with van der Waals surface area (Å²) in [6.07, 6.45) is 1.15. The molecular formula is C12H14N2O2. The Bertz CT molecular complexity index is 491. The van der Waals surface area contributed by atoms with E-state index in [-0.39, 0.29) is 6.47 Å². The second-order valence-corrected chi connectivity index (χ2v) is 3.66. The fraction of sp³-hybridized carbons (Fsp3) is 0.250. The lowest BCUT2D eigenvalue weighted by molar-refractivity contribution is -0.122. The van der Waals surface area contributed by atoms with Crippen LogP contribution in [0.1, 0.15) is 11.3 Å². The van der Waals surface area contributed by atoms with Crippen LogP contribution in [0.3, 0.4) is 0 Å². The Morgan fingerprint density at radius 2 is 2.06 bits per heavy atom. The molecule has 84 valence electrons. The second kappa shape index (κ2) is 4.81. The highest BCUT2D eigenvalue weighted by Gasteiger charge is 2.13. The van der Waals surface area contributed by atoms with Crippen molar-refractivity contribution >= 4 is 17.4 Å². The molecule has 4 heteroatoms. The van der Waals surface area contributed by atoms with E-state index in [1.54, 1.807) is 0 Å². The number of benzene rings is 1. The third-order valence-electron chi connectivity index (χ3n) is 2.76. The summed E-state index contributed by atoms with van der Waals surface area (Å²) in [6, 6.07) is 8.54. The first-order valence-electron chi connectivity index (χ1n) is 5.24. The number of hydrogen-bond donors (Lipinski definition) is 3. The number of hydrogen-bond acceptors (Lipinski definition) is 2. The van der Waals surface area contributed by atoms with Gasteiger partial charge in [0, 0.05) is 23.1 Å². The van der Waals surface area contributed by atoms with Crippen molar-refractivity contribution in [1.29, 1.82) is 0 Å². The van der Waals surface area contributed by atoms with Crippen molar-refractivity contribution in [3.8, 4) is 0 Å². The zero-order valence-corrected chi connectivity index (χ0v) is 8.86. The summed E-state index contributed by atoms with van der Waals surface area (Å²) in [4.78, 5) is 11.8. The number of rotatable bonds is 0. The van der Waals surface area contributed by atoms with E-state index in [1.165, 1.54) is 22.2 Å². The van der Waals surface area contributed by atoms with Crippen molar-refractivity contribution < 1.29 is 9.90 Å². The molecule has 2 heterocycles. The molecular weight excluding hydrogens is 204 g/mol. The van der Waals surface area contributed by atoms with Crippen molar-refractivity contribution in [2.75, 3.05) is 6.54 Å². The average Bonchev–Trinajstić information content (AvgIpc) is 2.68. The Kier molecular flexibility index (Phi) is 3.22. The molecule has 0 saturated heterocycles. The first kappa shape index (κ1) is 10.7. The molecule has 0 unspecified atom stereocenters. The molecule has 1 aliphatic heterocycles. The molecule has 3 rings (SSSR count). The molecule has 0 bridgehead atoms. The minimum Gasteiger partial charge on any atom is -0.483 e. The number of H-pyrrole nitrogens is 1. The van der Waals surface area contributed by atoms with Crippen LogP contribution in [0, 0.1) is 0 Å².